The summed E-state index contributed by atoms with van der Waals surface area (Å²) in [5.41, 5.74) is 0.261. The molecule has 5 nitrogen and oxygen atoms in total. The number of nitrogens with one attached hydrogen (secondary N) is 1. The molecule has 2 rings (SSSR count). The summed E-state index contributed by atoms with van der Waals surface area (Å²) in [5.74, 6) is 0. The Hall–Kier alpha value is -1.68. The predicted octanol–water partition coefficient (Wildman–Crippen LogP) is 2.36. The van der Waals surface area contributed by atoms with Crippen LogP contribution in [0.5, 0.6) is 0 Å². The first kappa shape index (κ1) is 13.7. The lowest BCUT2D eigenvalue weighted by Crippen LogP contribution is -2.14. The third-order valence-corrected chi connectivity index (χ3v) is 4.13. The summed E-state index contributed by atoms with van der Waals surface area (Å²) in [6.45, 7) is 0. The van der Waals surface area contributed by atoms with E-state index in [1.807, 2.05) is 4.72 Å². The van der Waals surface area contributed by atoms with Gasteiger partial charge in [-0.25, -0.2) is 8.42 Å². The first-order chi connectivity index (χ1) is 8.79. The Morgan fingerprint density at radius 1 is 1.26 bits per heavy atom. The zero-order valence-corrected chi connectivity index (χ0v) is 10.7. The molecule has 0 bridgehead atoms. The molecule has 0 saturated carbocycles. The van der Waals surface area contributed by atoms with E-state index in [9.17, 15) is 21.6 Å². The van der Waals surface area contributed by atoms with E-state index in [4.69, 9.17) is 0 Å². The quantitative estimate of drug-likeness (QED) is 0.944. The van der Waals surface area contributed by atoms with Crippen molar-refractivity contribution in [1.29, 1.82) is 0 Å². The Labute approximate surface area is 110 Å². The van der Waals surface area contributed by atoms with Gasteiger partial charge in [0.05, 0.1) is 10.5 Å². The minimum Gasteiger partial charge on any atom is -0.253 e. The van der Waals surface area contributed by atoms with E-state index in [0.717, 1.165) is 29.5 Å². The average molecular weight is 309 g/mol. The fraction of sp³-hybridized carbons (Fsp3) is 0.111. The van der Waals surface area contributed by atoms with Gasteiger partial charge in [0.1, 0.15) is 5.51 Å². The van der Waals surface area contributed by atoms with Gasteiger partial charge in [-0.05, 0) is 18.2 Å². The molecule has 0 spiro atoms. The second-order valence-electron chi connectivity index (χ2n) is 3.37. The van der Waals surface area contributed by atoms with Gasteiger partial charge in [-0.3, -0.25) is 4.72 Å². The molecule has 1 aromatic carbocycles. The van der Waals surface area contributed by atoms with Crippen LogP contribution in [-0.2, 0) is 16.2 Å². The van der Waals surface area contributed by atoms with Gasteiger partial charge in [-0.2, -0.15) is 13.2 Å². The second-order valence-corrected chi connectivity index (χ2v) is 5.89. The molecule has 1 heterocycles. The van der Waals surface area contributed by atoms with Crippen molar-refractivity contribution in [2.75, 3.05) is 4.72 Å². The van der Waals surface area contributed by atoms with E-state index in [1.54, 1.807) is 0 Å². The van der Waals surface area contributed by atoms with Crippen LogP contribution in [-0.4, -0.2) is 18.6 Å². The highest BCUT2D eigenvalue weighted by atomic mass is 32.2. The minimum absolute atomic E-state index is 0.0163. The molecule has 0 aliphatic heterocycles. The molecule has 0 amide bonds. The fourth-order valence-electron chi connectivity index (χ4n) is 1.23. The zero-order valence-electron chi connectivity index (χ0n) is 9.05. The van der Waals surface area contributed by atoms with Crippen molar-refractivity contribution in [2.24, 2.45) is 0 Å². The van der Waals surface area contributed by atoms with E-state index in [0.29, 0.717) is 6.07 Å². The van der Waals surface area contributed by atoms with Crippen LogP contribution in [0.1, 0.15) is 5.56 Å². The lowest BCUT2D eigenvalue weighted by molar-refractivity contribution is -0.137. The average Bonchev–Trinajstić information content (AvgIpc) is 2.80. The molecule has 2 aromatic rings. The third kappa shape index (κ3) is 3.20. The Morgan fingerprint density at radius 2 is 2.00 bits per heavy atom. The Kier molecular flexibility index (Phi) is 3.45. The first-order valence-corrected chi connectivity index (χ1v) is 7.11. The second kappa shape index (κ2) is 4.78. The van der Waals surface area contributed by atoms with Crippen LogP contribution in [0.2, 0.25) is 0 Å². The number of benzene rings is 1. The molecular formula is C9H6F3N3O2S2. The summed E-state index contributed by atoms with van der Waals surface area (Å²) < 4.78 is 63.2. The summed E-state index contributed by atoms with van der Waals surface area (Å²) in [6.07, 6.45) is -4.60. The summed E-state index contributed by atoms with van der Waals surface area (Å²) in [5, 5.41) is 6.86. The van der Waals surface area contributed by atoms with Gasteiger partial charge in [-0.15, -0.1) is 10.2 Å². The molecule has 1 aromatic heterocycles. The molecule has 0 fully saturated rings. The smallest absolute Gasteiger partial charge is 0.253 e. The van der Waals surface area contributed by atoms with Crippen LogP contribution in [0.4, 0.5) is 18.3 Å². The molecule has 0 aliphatic carbocycles. The number of aromatic nitrogens is 2. The maximum absolute atomic E-state index is 12.5. The monoisotopic (exact) mass is 309 g/mol. The lowest BCUT2D eigenvalue weighted by Gasteiger charge is -2.09. The van der Waals surface area contributed by atoms with Gasteiger partial charge < -0.3 is 0 Å². The molecule has 102 valence electrons. The topological polar surface area (TPSA) is 72.0 Å². The Bertz CT molecular complexity index is 668. The van der Waals surface area contributed by atoms with Crippen molar-refractivity contribution < 1.29 is 21.6 Å². The lowest BCUT2D eigenvalue weighted by atomic mass is 10.2. The highest BCUT2D eigenvalue weighted by Crippen LogP contribution is 2.30. The molecule has 19 heavy (non-hydrogen) atoms. The van der Waals surface area contributed by atoms with Gasteiger partial charge in [0.25, 0.3) is 10.0 Å². The summed E-state index contributed by atoms with van der Waals surface area (Å²) >= 11 is 0.919. The molecule has 1 N–H and O–H groups in total. The molecule has 0 atom stereocenters. The number of anilines is 1. The molecular weight excluding hydrogens is 303 g/mol. The van der Waals surface area contributed by atoms with Crippen molar-refractivity contribution in [2.45, 2.75) is 11.1 Å². The number of hydrogen-bond donors (Lipinski definition) is 1. The number of hydrogen-bond acceptors (Lipinski definition) is 5. The molecule has 0 unspecified atom stereocenters. The van der Waals surface area contributed by atoms with Crippen LogP contribution in [0.25, 0.3) is 0 Å². The molecule has 10 heteroatoms. The normalized spacial score (nSPS) is 12.4. The van der Waals surface area contributed by atoms with E-state index in [2.05, 4.69) is 10.2 Å². The van der Waals surface area contributed by atoms with Gasteiger partial charge in [0.2, 0.25) is 5.13 Å². The van der Waals surface area contributed by atoms with Gasteiger partial charge >= 0.3 is 6.18 Å². The highest BCUT2D eigenvalue weighted by molar-refractivity contribution is 7.93. The maximum atomic E-state index is 12.5. The fourth-order valence-corrected chi connectivity index (χ4v) is 2.97. The minimum atomic E-state index is -4.60. The SMILES string of the molecule is O=S(=O)(Nc1nncs1)c1cccc(C(F)(F)F)c1. The largest absolute Gasteiger partial charge is 0.416 e. The number of rotatable bonds is 3. The third-order valence-electron chi connectivity index (χ3n) is 2.05. The van der Waals surface area contributed by atoms with Gasteiger partial charge in [0.15, 0.2) is 0 Å². The summed E-state index contributed by atoms with van der Waals surface area (Å²) in [6, 6.07) is 3.45. The van der Waals surface area contributed by atoms with Crippen molar-refractivity contribution >= 4 is 26.5 Å². The van der Waals surface area contributed by atoms with Gasteiger partial charge in [-0.1, -0.05) is 17.4 Å². The van der Waals surface area contributed by atoms with Crippen LogP contribution < -0.4 is 4.72 Å². The summed E-state index contributed by atoms with van der Waals surface area (Å²) in [7, 11) is -4.11. The van der Waals surface area contributed by atoms with E-state index >= 15 is 0 Å². The van der Waals surface area contributed by atoms with Gasteiger partial charge in [0, 0.05) is 0 Å². The van der Waals surface area contributed by atoms with Crippen LogP contribution in [0.15, 0.2) is 34.7 Å². The zero-order chi connectivity index (χ0) is 14.1. The standard InChI is InChI=1S/C9H6F3N3O2S2/c10-9(11,12)6-2-1-3-7(4-6)19(16,17)15-8-14-13-5-18-8/h1-5H,(H,14,15). The van der Waals surface area contributed by atoms with Crippen molar-refractivity contribution in [3.63, 3.8) is 0 Å². The van der Waals surface area contributed by atoms with Crippen molar-refractivity contribution in [1.82, 2.24) is 10.2 Å². The van der Waals surface area contributed by atoms with E-state index in [-0.39, 0.29) is 5.13 Å². The number of sulfonamides is 1. The van der Waals surface area contributed by atoms with Crippen LogP contribution in [0, 0.1) is 0 Å². The van der Waals surface area contributed by atoms with E-state index in [1.165, 1.54) is 5.51 Å². The summed E-state index contributed by atoms with van der Waals surface area (Å²) in [4.78, 5) is -0.488. The van der Waals surface area contributed by atoms with E-state index < -0.39 is 26.7 Å². The number of alkyl halides is 3. The number of halogens is 3. The predicted molar refractivity (Wildman–Crippen MR) is 62.2 cm³/mol. The Morgan fingerprint density at radius 3 is 2.58 bits per heavy atom. The molecule has 0 saturated heterocycles. The maximum Gasteiger partial charge on any atom is 0.416 e. The van der Waals surface area contributed by atoms with Crippen LogP contribution in [0.3, 0.4) is 0 Å². The van der Waals surface area contributed by atoms with Crippen molar-refractivity contribution in [3.05, 3.63) is 35.3 Å². The van der Waals surface area contributed by atoms with Crippen molar-refractivity contribution in [3.8, 4) is 0 Å². The van der Waals surface area contributed by atoms with Crippen LogP contribution >= 0.6 is 11.3 Å². The number of nitrogens with zero attached hydrogens (tertiary/aromatic N) is 2. The first-order valence-electron chi connectivity index (χ1n) is 4.75. The molecule has 0 radical (unpaired) electrons. The molecule has 0 aliphatic rings. The highest BCUT2D eigenvalue weighted by Gasteiger charge is 2.31. The Balaban J connectivity index is 2.36.